The number of esters is 2. The lowest BCUT2D eigenvalue weighted by atomic mass is 10.1. The molecule has 0 aliphatic heterocycles. The maximum absolute atomic E-state index is 11.9. The van der Waals surface area contributed by atoms with E-state index in [2.05, 4.69) is 0 Å². The molecule has 4 nitrogen and oxygen atoms in total. The van der Waals surface area contributed by atoms with E-state index in [4.69, 9.17) is 21.1 Å². The van der Waals surface area contributed by atoms with Crippen molar-refractivity contribution in [3.63, 3.8) is 0 Å². The van der Waals surface area contributed by atoms with E-state index < -0.39 is 17.5 Å². The topological polar surface area (TPSA) is 52.6 Å². The summed E-state index contributed by atoms with van der Waals surface area (Å²) in [6, 6.07) is 15.4. The molecule has 0 amide bonds. The van der Waals surface area contributed by atoms with Gasteiger partial charge in [0, 0.05) is 0 Å². The maximum atomic E-state index is 11.9. The summed E-state index contributed by atoms with van der Waals surface area (Å²) in [6.07, 6.45) is 0. The second-order valence-electron chi connectivity index (χ2n) is 4.59. The Bertz CT molecular complexity index is 635. The van der Waals surface area contributed by atoms with Crippen molar-refractivity contribution in [1.29, 1.82) is 0 Å². The molecule has 0 saturated carbocycles. The van der Waals surface area contributed by atoms with Crippen LogP contribution in [-0.2, 0) is 16.1 Å². The van der Waals surface area contributed by atoms with Gasteiger partial charge in [-0.1, -0.05) is 41.9 Å². The Morgan fingerprint density at radius 3 is 2.05 bits per heavy atom. The summed E-state index contributed by atoms with van der Waals surface area (Å²) in [5, 5.41) is 0. The summed E-state index contributed by atoms with van der Waals surface area (Å²) < 4.78 is 10.1. The zero-order chi connectivity index (χ0) is 15.9. The molecule has 0 fully saturated rings. The Labute approximate surface area is 133 Å². The molecule has 1 unspecified atom stereocenters. The third kappa shape index (κ3) is 4.60. The number of alkyl halides is 1. The minimum absolute atomic E-state index is 0.202. The van der Waals surface area contributed by atoms with Gasteiger partial charge < -0.3 is 9.47 Å². The largest absolute Gasteiger partial charge is 0.457 e. The minimum atomic E-state index is -0.706. The second-order valence-corrected chi connectivity index (χ2v) is 5.20. The normalized spacial score (nSPS) is 11.5. The van der Waals surface area contributed by atoms with E-state index in [0.717, 1.165) is 5.56 Å². The molecule has 22 heavy (non-hydrogen) atoms. The van der Waals surface area contributed by atoms with Gasteiger partial charge in [0.05, 0.1) is 11.1 Å². The van der Waals surface area contributed by atoms with Crippen molar-refractivity contribution in [3.8, 4) is 0 Å². The highest BCUT2D eigenvalue weighted by molar-refractivity contribution is 6.20. The molecule has 0 spiro atoms. The second kappa shape index (κ2) is 7.61. The summed E-state index contributed by atoms with van der Waals surface area (Å²) in [6.45, 7) is 1.75. The molecule has 0 saturated heterocycles. The molecular formula is C17H15ClO4. The summed E-state index contributed by atoms with van der Waals surface area (Å²) in [5.74, 6) is -0.985. The number of carbonyl (C=O) groups is 2. The van der Waals surface area contributed by atoms with Crippen molar-refractivity contribution in [2.24, 2.45) is 0 Å². The first kappa shape index (κ1) is 16.0. The number of ether oxygens (including phenoxy) is 2. The fourth-order valence-corrected chi connectivity index (χ4v) is 1.85. The van der Waals surface area contributed by atoms with Gasteiger partial charge in [0.25, 0.3) is 0 Å². The fourth-order valence-electron chi connectivity index (χ4n) is 1.76. The van der Waals surface area contributed by atoms with E-state index in [-0.39, 0.29) is 6.61 Å². The molecule has 0 N–H and O–H groups in total. The average molecular weight is 319 g/mol. The van der Waals surface area contributed by atoms with Crippen LogP contribution in [0.1, 0.15) is 33.2 Å². The first-order chi connectivity index (χ1) is 10.6. The molecule has 0 aliphatic rings. The molecule has 2 aromatic carbocycles. The highest BCUT2D eigenvalue weighted by Gasteiger charge is 2.12. The molecule has 1 atom stereocenters. The Morgan fingerprint density at radius 1 is 0.955 bits per heavy atom. The van der Waals surface area contributed by atoms with Crippen LogP contribution in [0.5, 0.6) is 0 Å². The third-order valence-corrected chi connectivity index (χ3v) is 2.93. The van der Waals surface area contributed by atoms with E-state index in [1.165, 1.54) is 24.3 Å². The highest BCUT2D eigenvalue weighted by Crippen LogP contribution is 2.11. The first-order valence-electron chi connectivity index (χ1n) is 6.72. The van der Waals surface area contributed by atoms with Gasteiger partial charge in [-0.2, -0.15) is 0 Å². The van der Waals surface area contributed by atoms with Crippen LogP contribution in [0.2, 0.25) is 0 Å². The van der Waals surface area contributed by atoms with Gasteiger partial charge in [0.2, 0.25) is 0 Å². The predicted molar refractivity (Wildman–Crippen MR) is 82.7 cm³/mol. The van der Waals surface area contributed by atoms with E-state index >= 15 is 0 Å². The third-order valence-electron chi connectivity index (χ3n) is 2.84. The van der Waals surface area contributed by atoms with Crippen LogP contribution in [0.15, 0.2) is 54.6 Å². The Balaban J connectivity index is 1.95. The van der Waals surface area contributed by atoms with Crippen LogP contribution < -0.4 is 0 Å². The van der Waals surface area contributed by atoms with Crippen molar-refractivity contribution in [1.82, 2.24) is 0 Å². The summed E-state index contributed by atoms with van der Waals surface area (Å²) in [5.41, 5.74) is 0.897. The molecule has 0 aromatic heterocycles. The number of hydrogen-bond acceptors (Lipinski definition) is 4. The van der Waals surface area contributed by atoms with Crippen LogP contribution in [0.3, 0.4) is 0 Å². The zero-order valence-corrected chi connectivity index (χ0v) is 12.7. The summed E-state index contributed by atoms with van der Waals surface area (Å²) >= 11 is 5.59. The lowest BCUT2D eigenvalue weighted by Crippen LogP contribution is -2.10. The quantitative estimate of drug-likeness (QED) is 0.622. The Hall–Kier alpha value is -2.33. The van der Waals surface area contributed by atoms with Gasteiger partial charge in [-0.25, -0.2) is 9.59 Å². The smallest absolute Gasteiger partial charge is 0.339 e. The SMILES string of the molecule is CC(Cl)OC(=O)c1ccc(C(=O)OCc2ccccc2)cc1. The van der Waals surface area contributed by atoms with Crippen LogP contribution in [0.4, 0.5) is 0 Å². The monoisotopic (exact) mass is 318 g/mol. The Morgan fingerprint density at radius 2 is 1.50 bits per heavy atom. The standard InChI is InChI=1S/C17H15ClO4/c1-12(18)22-17(20)15-9-7-14(8-10-15)16(19)21-11-13-5-3-2-4-6-13/h2-10,12H,11H2,1H3. The summed E-state index contributed by atoms with van der Waals surface area (Å²) in [4.78, 5) is 23.5. The van der Waals surface area contributed by atoms with Crippen LogP contribution >= 0.6 is 11.6 Å². The lowest BCUT2D eigenvalue weighted by molar-refractivity contribution is 0.0457. The number of rotatable bonds is 5. The molecule has 0 bridgehead atoms. The van der Waals surface area contributed by atoms with E-state index in [9.17, 15) is 9.59 Å². The molecule has 0 aliphatic carbocycles. The van der Waals surface area contributed by atoms with Crippen molar-refractivity contribution in [2.75, 3.05) is 0 Å². The number of benzene rings is 2. The van der Waals surface area contributed by atoms with Gasteiger partial charge in [-0.3, -0.25) is 0 Å². The zero-order valence-electron chi connectivity index (χ0n) is 12.0. The minimum Gasteiger partial charge on any atom is -0.457 e. The lowest BCUT2D eigenvalue weighted by Gasteiger charge is -2.07. The molecule has 0 radical (unpaired) electrons. The molecule has 2 aromatic rings. The van der Waals surface area contributed by atoms with Gasteiger partial charge in [0.1, 0.15) is 6.61 Å². The number of halogens is 1. The molecule has 114 valence electrons. The van der Waals surface area contributed by atoms with Crippen molar-refractivity contribution < 1.29 is 19.1 Å². The van der Waals surface area contributed by atoms with Gasteiger partial charge in [-0.15, -0.1) is 0 Å². The van der Waals surface area contributed by atoms with E-state index in [0.29, 0.717) is 11.1 Å². The van der Waals surface area contributed by atoms with Crippen LogP contribution in [-0.4, -0.2) is 17.5 Å². The number of hydrogen-bond donors (Lipinski definition) is 0. The van der Waals surface area contributed by atoms with Crippen LogP contribution in [0.25, 0.3) is 0 Å². The average Bonchev–Trinajstić information content (AvgIpc) is 2.53. The number of carbonyl (C=O) groups excluding carboxylic acids is 2. The van der Waals surface area contributed by atoms with Crippen LogP contribution in [0, 0.1) is 0 Å². The van der Waals surface area contributed by atoms with Crippen molar-refractivity contribution >= 4 is 23.5 Å². The predicted octanol–water partition coefficient (Wildman–Crippen LogP) is 3.79. The van der Waals surface area contributed by atoms with Gasteiger partial charge >= 0.3 is 11.9 Å². The maximum Gasteiger partial charge on any atom is 0.339 e. The van der Waals surface area contributed by atoms with Crippen molar-refractivity contribution in [2.45, 2.75) is 19.1 Å². The first-order valence-corrected chi connectivity index (χ1v) is 7.16. The van der Waals surface area contributed by atoms with Crippen molar-refractivity contribution in [3.05, 3.63) is 71.3 Å². The molecular weight excluding hydrogens is 304 g/mol. The molecule has 5 heteroatoms. The fraction of sp³-hybridized carbons (Fsp3) is 0.176. The van der Waals surface area contributed by atoms with E-state index in [1.54, 1.807) is 6.92 Å². The highest BCUT2D eigenvalue weighted by atomic mass is 35.5. The Kier molecular flexibility index (Phi) is 5.55. The van der Waals surface area contributed by atoms with Gasteiger partial charge in [-0.05, 0) is 36.8 Å². The molecule has 0 heterocycles. The molecule has 2 rings (SSSR count). The van der Waals surface area contributed by atoms with Gasteiger partial charge in [0.15, 0.2) is 5.56 Å². The van der Waals surface area contributed by atoms with E-state index in [1.807, 2.05) is 30.3 Å². The summed E-state index contributed by atoms with van der Waals surface area (Å²) in [7, 11) is 0.